The normalized spacial score (nSPS) is 23.2. The zero-order valence-electron chi connectivity index (χ0n) is 17.2. The minimum Gasteiger partial charge on any atom is -0.459 e. The summed E-state index contributed by atoms with van der Waals surface area (Å²) in [4.78, 5) is 13.5. The molecule has 162 valence electrons. The lowest BCUT2D eigenvalue weighted by Gasteiger charge is -2.45. The van der Waals surface area contributed by atoms with Gasteiger partial charge in [0.25, 0.3) is 5.97 Å². The number of hydrogen-bond donors (Lipinski definition) is 3. The number of rotatable bonds is 5. The molecule has 0 saturated heterocycles. The van der Waals surface area contributed by atoms with Gasteiger partial charge in [-0.3, -0.25) is 4.79 Å². The lowest BCUT2D eigenvalue weighted by molar-refractivity contribution is -0.315. The number of carbonyl (C=O) groups excluding carboxylic acids is 1. The van der Waals surface area contributed by atoms with Crippen LogP contribution in [0.4, 0.5) is 0 Å². The highest BCUT2D eigenvalue weighted by molar-refractivity contribution is 6.19. The van der Waals surface area contributed by atoms with Gasteiger partial charge in [-0.25, -0.2) is 0 Å². The van der Waals surface area contributed by atoms with E-state index >= 15 is 0 Å². The van der Waals surface area contributed by atoms with Crippen molar-refractivity contribution in [2.75, 3.05) is 6.61 Å². The number of fused-ring (bicyclic) bond motifs is 6. The summed E-state index contributed by atoms with van der Waals surface area (Å²) in [7, 11) is 0. The number of hydrogen-bond acceptors (Lipinski definition) is 6. The Morgan fingerprint density at radius 1 is 1.06 bits per heavy atom. The van der Waals surface area contributed by atoms with Gasteiger partial charge in [0.05, 0.1) is 17.1 Å². The number of carbonyl (C=O) groups is 1. The second-order valence-corrected chi connectivity index (χ2v) is 8.63. The first kappa shape index (κ1) is 20.4. The van der Waals surface area contributed by atoms with Crippen molar-refractivity contribution in [3.63, 3.8) is 0 Å². The summed E-state index contributed by atoms with van der Waals surface area (Å²) in [5.74, 6) is -2.03. The van der Waals surface area contributed by atoms with Crippen molar-refractivity contribution in [2.24, 2.45) is 0 Å². The van der Waals surface area contributed by atoms with Crippen LogP contribution in [-0.2, 0) is 10.2 Å². The molecule has 5 rings (SSSR count). The maximum absolute atomic E-state index is 13.5. The number of aliphatic hydroxyl groups is 3. The molecule has 1 fully saturated rings. The molecule has 2 aliphatic rings. The van der Waals surface area contributed by atoms with Crippen LogP contribution >= 0.6 is 0 Å². The molecule has 2 aromatic carbocycles. The van der Waals surface area contributed by atoms with Gasteiger partial charge >= 0.3 is 0 Å². The minimum absolute atomic E-state index is 0.0175. The van der Waals surface area contributed by atoms with E-state index in [1.807, 2.05) is 48.5 Å². The second-order valence-electron chi connectivity index (χ2n) is 8.63. The fraction of sp³-hybridized carbons (Fsp3) is 0.400. The highest BCUT2D eigenvalue weighted by Crippen LogP contribution is 2.53. The van der Waals surface area contributed by atoms with Crippen molar-refractivity contribution in [1.29, 1.82) is 0 Å². The quantitative estimate of drug-likeness (QED) is 0.429. The average molecular weight is 422 g/mol. The maximum atomic E-state index is 13.5. The summed E-state index contributed by atoms with van der Waals surface area (Å²) < 4.78 is 12.7. The molecule has 0 aliphatic heterocycles. The molecule has 1 aromatic heterocycles. The third-order valence-electron chi connectivity index (χ3n) is 6.69. The van der Waals surface area contributed by atoms with Crippen LogP contribution in [0.2, 0.25) is 0 Å². The van der Waals surface area contributed by atoms with Crippen molar-refractivity contribution >= 4 is 16.8 Å². The molecule has 1 saturated carbocycles. The molecule has 3 N–H and O–H groups in total. The first-order valence-electron chi connectivity index (χ1n) is 10.9. The van der Waals surface area contributed by atoms with Gasteiger partial charge in [0.15, 0.2) is 5.78 Å². The second kappa shape index (κ2) is 7.57. The Balaban J connectivity index is 1.62. The molecule has 2 unspecified atom stereocenters. The van der Waals surface area contributed by atoms with E-state index < -0.39 is 11.4 Å². The summed E-state index contributed by atoms with van der Waals surface area (Å²) in [6.07, 6.45) is 3.48. The fourth-order valence-corrected chi connectivity index (χ4v) is 5.38. The van der Waals surface area contributed by atoms with E-state index in [9.17, 15) is 20.1 Å². The summed E-state index contributed by atoms with van der Waals surface area (Å²) in [5.41, 5.74) is 2.38. The van der Waals surface area contributed by atoms with Gasteiger partial charge in [0.2, 0.25) is 0 Å². The largest absolute Gasteiger partial charge is 0.459 e. The van der Waals surface area contributed by atoms with Crippen molar-refractivity contribution in [3.8, 4) is 0 Å². The van der Waals surface area contributed by atoms with E-state index in [2.05, 4.69) is 0 Å². The number of furan rings is 1. The summed E-state index contributed by atoms with van der Waals surface area (Å²) >= 11 is 0. The number of benzene rings is 2. The van der Waals surface area contributed by atoms with Gasteiger partial charge in [0, 0.05) is 24.0 Å². The predicted octanol–water partition coefficient (Wildman–Crippen LogP) is 3.63. The highest BCUT2D eigenvalue weighted by Gasteiger charge is 2.53. The van der Waals surface area contributed by atoms with Crippen LogP contribution < -0.4 is 0 Å². The number of para-hydroxylation sites is 1. The summed E-state index contributed by atoms with van der Waals surface area (Å²) in [5, 5.41) is 28.3. The highest BCUT2D eigenvalue weighted by atomic mass is 16.7. The molecule has 0 radical (unpaired) electrons. The van der Waals surface area contributed by atoms with E-state index in [1.165, 1.54) is 0 Å². The van der Waals surface area contributed by atoms with Gasteiger partial charge in [-0.2, -0.15) is 0 Å². The van der Waals surface area contributed by atoms with Crippen molar-refractivity contribution in [2.45, 2.75) is 56.0 Å². The van der Waals surface area contributed by atoms with Crippen LogP contribution in [0.25, 0.3) is 11.0 Å². The molecular formula is C25H26O6. The van der Waals surface area contributed by atoms with Crippen LogP contribution in [0.15, 0.2) is 52.9 Å². The van der Waals surface area contributed by atoms with Crippen LogP contribution in [0, 0.1) is 0 Å². The molecule has 6 heteroatoms. The van der Waals surface area contributed by atoms with E-state index in [0.29, 0.717) is 28.9 Å². The zero-order chi connectivity index (χ0) is 21.6. The molecular weight excluding hydrogens is 396 g/mol. The summed E-state index contributed by atoms with van der Waals surface area (Å²) in [6.45, 7) is 0.265. The number of ketones is 1. The monoisotopic (exact) mass is 422 g/mol. The lowest BCUT2D eigenvalue weighted by Crippen LogP contribution is -2.48. The molecule has 2 aliphatic carbocycles. The topological polar surface area (TPSA) is 100 Å². The molecule has 0 bridgehead atoms. The Kier molecular flexibility index (Phi) is 4.98. The van der Waals surface area contributed by atoms with Crippen LogP contribution in [0.3, 0.4) is 0 Å². The van der Waals surface area contributed by atoms with Crippen LogP contribution in [-0.4, -0.2) is 39.8 Å². The standard InChI is InChI=1S/C25H26O6/c26-22-16-8-1-3-10-18(16)24(23-21(22)17-9-2-4-11-19(17)31-23)13-6-5-12-20(24)30-15-7-14-25(27,28)29/h1-4,8-11,20,27-29H,5-7,12-15H2. The predicted molar refractivity (Wildman–Crippen MR) is 114 cm³/mol. The first-order valence-corrected chi connectivity index (χ1v) is 10.9. The lowest BCUT2D eigenvalue weighted by atomic mass is 9.60. The van der Waals surface area contributed by atoms with E-state index in [-0.39, 0.29) is 24.9 Å². The third-order valence-corrected chi connectivity index (χ3v) is 6.69. The zero-order valence-corrected chi connectivity index (χ0v) is 17.2. The molecule has 31 heavy (non-hydrogen) atoms. The van der Waals surface area contributed by atoms with E-state index in [4.69, 9.17) is 9.15 Å². The third kappa shape index (κ3) is 3.31. The molecule has 0 amide bonds. The Morgan fingerprint density at radius 2 is 1.84 bits per heavy atom. The minimum atomic E-state index is -2.69. The van der Waals surface area contributed by atoms with Crippen LogP contribution in [0.1, 0.15) is 65.8 Å². The SMILES string of the molecule is O=C1c2ccccc2C2(CCCCC2OCCCC(O)(O)O)c2oc3ccccc3c21. The van der Waals surface area contributed by atoms with Crippen LogP contribution in [0.5, 0.6) is 0 Å². The maximum Gasteiger partial charge on any atom is 0.275 e. The van der Waals surface area contributed by atoms with E-state index in [1.54, 1.807) is 0 Å². The van der Waals surface area contributed by atoms with Gasteiger partial charge in [-0.15, -0.1) is 0 Å². The van der Waals surface area contributed by atoms with Gasteiger partial charge in [0.1, 0.15) is 11.3 Å². The molecule has 1 spiro atoms. The van der Waals surface area contributed by atoms with Gasteiger partial charge < -0.3 is 24.5 Å². The van der Waals surface area contributed by atoms with E-state index in [0.717, 1.165) is 36.6 Å². The smallest absolute Gasteiger partial charge is 0.275 e. The van der Waals surface area contributed by atoms with Crippen molar-refractivity contribution < 1.29 is 29.3 Å². The molecule has 3 aromatic rings. The van der Waals surface area contributed by atoms with Crippen molar-refractivity contribution in [3.05, 3.63) is 71.0 Å². The number of ether oxygens (including phenoxy) is 1. The van der Waals surface area contributed by atoms with Gasteiger partial charge in [-0.05, 0) is 30.9 Å². The fourth-order valence-electron chi connectivity index (χ4n) is 5.38. The Hall–Kier alpha value is -2.51. The Morgan fingerprint density at radius 3 is 2.68 bits per heavy atom. The molecule has 6 nitrogen and oxygen atoms in total. The van der Waals surface area contributed by atoms with Crippen molar-refractivity contribution in [1.82, 2.24) is 0 Å². The average Bonchev–Trinajstić information content (AvgIpc) is 3.16. The molecule has 1 heterocycles. The Labute approximate surface area is 180 Å². The summed E-state index contributed by atoms with van der Waals surface area (Å²) in [6, 6.07) is 15.4. The first-order chi connectivity index (χ1) is 14.9. The molecule has 2 atom stereocenters. The Bertz CT molecular complexity index is 1120. The van der Waals surface area contributed by atoms with Gasteiger partial charge in [-0.1, -0.05) is 55.3 Å².